The summed E-state index contributed by atoms with van der Waals surface area (Å²) in [4.78, 5) is 2.70. The Bertz CT molecular complexity index is 657. The standard InChI is InChI=1S/C22H29NO/c1-2-11-20-18(8-1)9-7-10-19(20)14-17-24-22-13-4-3-12-21(22)23-15-5-6-16-23/h1-2,7-11,21-22H,3-6,12-17H2/t21-,22-/m0/s1. The SMILES string of the molecule is c1ccc2c(CCO[C@H]3CCCC[C@@H]3N3CCCC3)cccc2c1. The van der Waals surface area contributed by atoms with Gasteiger partial charge in [0.25, 0.3) is 0 Å². The molecule has 2 aromatic carbocycles. The van der Waals surface area contributed by atoms with Crippen LogP contribution < -0.4 is 0 Å². The second kappa shape index (κ2) is 7.67. The predicted octanol–water partition coefficient (Wildman–Crippen LogP) is 4.81. The van der Waals surface area contributed by atoms with Crippen molar-refractivity contribution < 1.29 is 4.74 Å². The Labute approximate surface area is 145 Å². The fraction of sp³-hybridized carbons (Fsp3) is 0.545. The summed E-state index contributed by atoms with van der Waals surface area (Å²) in [5, 5.41) is 2.71. The molecular formula is C22H29NO. The number of likely N-dealkylation sites (tertiary alicyclic amines) is 1. The highest BCUT2D eigenvalue weighted by Gasteiger charge is 2.31. The van der Waals surface area contributed by atoms with Gasteiger partial charge in [0, 0.05) is 6.04 Å². The van der Waals surface area contributed by atoms with Crippen molar-refractivity contribution in [1.29, 1.82) is 0 Å². The maximum atomic E-state index is 6.42. The number of benzene rings is 2. The van der Waals surface area contributed by atoms with Crippen molar-refractivity contribution in [3.05, 3.63) is 48.0 Å². The molecule has 1 aliphatic heterocycles. The Kier molecular flexibility index (Phi) is 5.15. The fourth-order valence-electron chi connectivity index (χ4n) is 4.59. The molecule has 1 heterocycles. The Morgan fingerprint density at radius 1 is 0.875 bits per heavy atom. The van der Waals surface area contributed by atoms with Crippen molar-refractivity contribution in [2.24, 2.45) is 0 Å². The molecule has 0 radical (unpaired) electrons. The molecule has 1 saturated heterocycles. The second-order valence-corrected chi connectivity index (χ2v) is 7.39. The molecule has 2 fully saturated rings. The van der Waals surface area contributed by atoms with Crippen molar-refractivity contribution in [2.75, 3.05) is 19.7 Å². The van der Waals surface area contributed by atoms with Crippen LogP contribution in [-0.2, 0) is 11.2 Å². The van der Waals surface area contributed by atoms with Crippen molar-refractivity contribution in [2.45, 2.75) is 57.1 Å². The van der Waals surface area contributed by atoms with Gasteiger partial charge in [-0.2, -0.15) is 0 Å². The normalized spacial score (nSPS) is 25.3. The zero-order chi connectivity index (χ0) is 16.2. The van der Waals surface area contributed by atoms with Gasteiger partial charge in [0.2, 0.25) is 0 Å². The smallest absolute Gasteiger partial charge is 0.0730 e. The molecular weight excluding hydrogens is 294 g/mol. The lowest BCUT2D eigenvalue weighted by molar-refractivity contribution is -0.0289. The van der Waals surface area contributed by atoms with E-state index in [0.29, 0.717) is 12.1 Å². The quantitative estimate of drug-likeness (QED) is 0.783. The molecule has 0 N–H and O–H groups in total. The van der Waals surface area contributed by atoms with Crippen LogP contribution in [0.15, 0.2) is 42.5 Å². The minimum atomic E-state index is 0.451. The van der Waals surface area contributed by atoms with E-state index < -0.39 is 0 Å². The zero-order valence-electron chi connectivity index (χ0n) is 14.6. The van der Waals surface area contributed by atoms with Crippen LogP contribution in [0.3, 0.4) is 0 Å². The molecule has 2 aliphatic rings. The van der Waals surface area contributed by atoms with E-state index >= 15 is 0 Å². The van der Waals surface area contributed by atoms with Gasteiger partial charge in [-0.05, 0) is 61.5 Å². The van der Waals surface area contributed by atoms with E-state index in [1.165, 1.54) is 68.0 Å². The number of nitrogens with zero attached hydrogens (tertiary/aromatic N) is 1. The number of hydrogen-bond donors (Lipinski definition) is 0. The highest BCUT2D eigenvalue weighted by atomic mass is 16.5. The third kappa shape index (κ3) is 3.50. The Morgan fingerprint density at radius 3 is 2.58 bits per heavy atom. The summed E-state index contributed by atoms with van der Waals surface area (Å²) in [6, 6.07) is 16.0. The summed E-state index contributed by atoms with van der Waals surface area (Å²) in [5.74, 6) is 0. The maximum Gasteiger partial charge on any atom is 0.0730 e. The monoisotopic (exact) mass is 323 g/mol. The number of fused-ring (bicyclic) bond motifs is 1. The highest BCUT2D eigenvalue weighted by molar-refractivity contribution is 5.85. The summed E-state index contributed by atoms with van der Waals surface area (Å²) in [6.07, 6.45) is 9.51. The Hall–Kier alpha value is -1.38. The molecule has 0 unspecified atom stereocenters. The topological polar surface area (TPSA) is 12.5 Å². The molecule has 1 aliphatic carbocycles. The molecule has 2 heteroatoms. The summed E-state index contributed by atoms with van der Waals surface area (Å²) in [6.45, 7) is 3.42. The molecule has 2 nitrogen and oxygen atoms in total. The number of rotatable bonds is 5. The maximum absolute atomic E-state index is 6.42. The van der Waals surface area contributed by atoms with E-state index in [9.17, 15) is 0 Å². The van der Waals surface area contributed by atoms with Gasteiger partial charge in [-0.3, -0.25) is 4.90 Å². The molecule has 4 rings (SSSR count). The first-order chi connectivity index (χ1) is 11.9. The van der Waals surface area contributed by atoms with Gasteiger partial charge < -0.3 is 4.74 Å². The minimum absolute atomic E-state index is 0.451. The molecule has 0 aromatic heterocycles. The van der Waals surface area contributed by atoms with Crippen molar-refractivity contribution in [3.8, 4) is 0 Å². The molecule has 1 saturated carbocycles. The molecule has 0 amide bonds. The van der Waals surface area contributed by atoms with E-state index in [0.717, 1.165) is 13.0 Å². The summed E-state index contributed by atoms with van der Waals surface area (Å²) in [5.41, 5.74) is 1.42. The van der Waals surface area contributed by atoms with Crippen LogP contribution in [-0.4, -0.2) is 36.7 Å². The van der Waals surface area contributed by atoms with Crippen LogP contribution in [0.4, 0.5) is 0 Å². The fourth-order valence-corrected chi connectivity index (χ4v) is 4.59. The molecule has 128 valence electrons. The van der Waals surface area contributed by atoms with Gasteiger partial charge in [0.15, 0.2) is 0 Å². The van der Waals surface area contributed by atoms with Crippen LogP contribution in [0.2, 0.25) is 0 Å². The van der Waals surface area contributed by atoms with Crippen molar-refractivity contribution in [1.82, 2.24) is 4.90 Å². The predicted molar refractivity (Wildman–Crippen MR) is 100 cm³/mol. The van der Waals surface area contributed by atoms with Gasteiger partial charge in [-0.15, -0.1) is 0 Å². The van der Waals surface area contributed by atoms with E-state index in [1.807, 2.05) is 0 Å². The first kappa shape index (κ1) is 16.1. The lowest BCUT2D eigenvalue weighted by Gasteiger charge is -2.37. The van der Waals surface area contributed by atoms with Crippen molar-refractivity contribution in [3.63, 3.8) is 0 Å². The lowest BCUT2D eigenvalue weighted by Crippen LogP contribution is -2.45. The second-order valence-electron chi connectivity index (χ2n) is 7.39. The van der Waals surface area contributed by atoms with Gasteiger partial charge in [0.05, 0.1) is 12.7 Å². The average molecular weight is 323 g/mol. The molecule has 2 aromatic rings. The average Bonchev–Trinajstić information content (AvgIpc) is 3.17. The minimum Gasteiger partial charge on any atom is -0.376 e. The van der Waals surface area contributed by atoms with Crippen LogP contribution in [0.5, 0.6) is 0 Å². The summed E-state index contributed by atoms with van der Waals surface area (Å²) < 4.78 is 6.42. The van der Waals surface area contributed by atoms with Gasteiger partial charge >= 0.3 is 0 Å². The first-order valence-corrected chi connectivity index (χ1v) is 9.74. The largest absolute Gasteiger partial charge is 0.376 e. The third-order valence-electron chi connectivity index (χ3n) is 5.86. The first-order valence-electron chi connectivity index (χ1n) is 9.74. The molecule has 0 spiro atoms. The molecule has 24 heavy (non-hydrogen) atoms. The summed E-state index contributed by atoms with van der Waals surface area (Å²) >= 11 is 0. The number of ether oxygens (including phenoxy) is 1. The zero-order valence-corrected chi connectivity index (χ0v) is 14.6. The molecule has 0 bridgehead atoms. The van der Waals surface area contributed by atoms with Crippen LogP contribution in [0.1, 0.15) is 44.1 Å². The van der Waals surface area contributed by atoms with E-state index in [-0.39, 0.29) is 0 Å². The highest BCUT2D eigenvalue weighted by Crippen LogP contribution is 2.28. The number of hydrogen-bond acceptors (Lipinski definition) is 2. The van der Waals surface area contributed by atoms with Crippen molar-refractivity contribution >= 4 is 10.8 Å². The third-order valence-corrected chi connectivity index (χ3v) is 5.86. The Morgan fingerprint density at radius 2 is 1.67 bits per heavy atom. The van der Waals surface area contributed by atoms with E-state index in [1.54, 1.807) is 0 Å². The van der Waals surface area contributed by atoms with E-state index in [2.05, 4.69) is 47.4 Å². The van der Waals surface area contributed by atoms with E-state index in [4.69, 9.17) is 4.74 Å². The van der Waals surface area contributed by atoms with Crippen LogP contribution >= 0.6 is 0 Å². The molecule has 2 atom stereocenters. The Balaban J connectivity index is 1.38. The van der Waals surface area contributed by atoms with Gasteiger partial charge in [-0.1, -0.05) is 55.3 Å². The van der Waals surface area contributed by atoms with Crippen LogP contribution in [0.25, 0.3) is 10.8 Å². The van der Waals surface area contributed by atoms with Gasteiger partial charge in [0.1, 0.15) is 0 Å². The van der Waals surface area contributed by atoms with Crippen LogP contribution in [0, 0.1) is 0 Å². The lowest BCUT2D eigenvalue weighted by atomic mass is 9.91. The summed E-state index contributed by atoms with van der Waals surface area (Å²) in [7, 11) is 0. The van der Waals surface area contributed by atoms with Gasteiger partial charge in [-0.25, -0.2) is 0 Å².